The van der Waals surface area contributed by atoms with Crippen LogP contribution in [0.2, 0.25) is 5.15 Å². The van der Waals surface area contributed by atoms with Gasteiger partial charge in [-0.05, 0) is 30.5 Å². The average molecular weight is 395 g/mol. The molecule has 4 N–H and O–H groups in total. The lowest BCUT2D eigenvalue weighted by Crippen LogP contribution is -2.41. The molecule has 0 radical (unpaired) electrons. The molecule has 2 aromatic rings. The molecular weight excluding hydrogens is 376 g/mol. The normalized spacial score (nSPS) is 14.3. The quantitative estimate of drug-likeness (QED) is 0.268. The summed E-state index contributed by atoms with van der Waals surface area (Å²) in [4.78, 5) is 23.3. The largest absolute Gasteiger partial charge is 0.378 e. The lowest BCUT2D eigenvalue weighted by Gasteiger charge is -2.29. The number of thioether (sulfide) groups is 1. The zero-order valence-electron chi connectivity index (χ0n) is 14.2. The van der Waals surface area contributed by atoms with E-state index in [0.29, 0.717) is 29.9 Å². The molecule has 138 valence electrons. The Morgan fingerprint density at radius 1 is 1.27 bits per heavy atom. The molecule has 1 aromatic carbocycles. The molecule has 0 bridgehead atoms. The van der Waals surface area contributed by atoms with Gasteiger partial charge in [0.05, 0.1) is 23.8 Å². The van der Waals surface area contributed by atoms with Crippen molar-refractivity contribution in [2.45, 2.75) is 4.90 Å². The van der Waals surface area contributed by atoms with Crippen molar-refractivity contribution in [3.05, 3.63) is 29.4 Å². The summed E-state index contributed by atoms with van der Waals surface area (Å²) in [7, 11) is 0. The predicted octanol–water partition coefficient (Wildman–Crippen LogP) is 2.11. The summed E-state index contributed by atoms with van der Waals surface area (Å²) in [6.45, 7) is 2.80. The Hall–Kier alpha value is -2.07. The van der Waals surface area contributed by atoms with Crippen molar-refractivity contribution in [2.75, 3.05) is 42.5 Å². The van der Waals surface area contributed by atoms with Crippen LogP contribution in [-0.2, 0) is 4.74 Å². The highest BCUT2D eigenvalue weighted by Gasteiger charge is 2.21. The number of benzene rings is 1. The number of hydrogen-bond acceptors (Lipinski definition) is 7. The summed E-state index contributed by atoms with van der Waals surface area (Å²) in [6, 6.07) is 6.15. The minimum Gasteiger partial charge on any atom is -0.378 e. The highest BCUT2D eigenvalue weighted by atomic mass is 35.5. The van der Waals surface area contributed by atoms with Gasteiger partial charge in [-0.25, -0.2) is 25.6 Å². The molecule has 1 aliphatic heterocycles. The molecule has 2 heterocycles. The minimum atomic E-state index is -0.740. The number of ether oxygens (including phenoxy) is 1. The Balaban J connectivity index is 1.97. The van der Waals surface area contributed by atoms with Crippen molar-refractivity contribution in [3.8, 4) is 11.4 Å². The number of anilines is 2. The number of urea groups is 1. The first-order valence-electron chi connectivity index (χ1n) is 7.90. The average Bonchev–Trinajstić information content (AvgIpc) is 2.67. The third kappa shape index (κ3) is 3.85. The minimum absolute atomic E-state index is 0.408. The first-order valence-corrected chi connectivity index (χ1v) is 9.50. The SMILES string of the molecule is CSc1c(Cl)nc(-c2ccc(N(N)C(N)=O)cc2)nc1N1CCOCC1. The zero-order chi connectivity index (χ0) is 18.7. The number of morpholine rings is 1. The number of hydrogen-bond donors (Lipinski definition) is 2. The van der Waals surface area contributed by atoms with Gasteiger partial charge in [0.25, 0.3) is 0 Å². The van der Waals surface area contributed by atoms with Crippen molar-refractivity contribution in [1.82, 2.24) is 9.97 Å². The van der Waals surface area contributed by atoms with Gasteiger partial charge in [0.1, 0.15) is 11.0 Å². The highest BCUT2D eigenvalue weighted by molar-refractivity contribution is 7.98. The molecule has 1 saturated heterocycles. The smallest absolute Gasteiger partial charge is 0.333 e. The Bertz CT molecular complexity index is 798. The molecule has 1 aromatic heterocycles. The number of nitrogens with zero attached hydrogens (tertiary/aromatic N) is 4. The molecule has 10 heteroatoms. The zero-order valence-corrected chi connectivity index (χ0v) is 15.8. The van der Waals surface area contributed by atoms with Gasteiger partial charge in [0.2, 0.25) is 0 Å². The van der Waals surface area contributed by atoms with E-state index < -0.39 is 6.03 Å². The fraction of sp³-hybridized carbons (Fsp3) is 0.312. The Morgan fingerprint density at radius 2 is 1.92 bits per heavy atom. The number of nitrogens with two attached hydrogens (primary N) is 2. The molecule has 1 aliphatic rings. The highest BCUT2D eigenvalue weighted by Crippen LogP contribution is 2.35. The molecule has 26 heavy (non-hydrogen) atoms. The van der Waals surface area contributed by atoms with E-state index in [9.17, 15) is 4.79 Å². The van der Waals surface area contributed by atoms with Gasteiger partial charge >= 0.3 is 6.03 Å². The Morgan fingerprint density at radius 3 is 2.50 bits per heavy atom. The summed E-state index contributed by atoms with van der Waals surface area (Å²) in [6.07, 6.45) is 1.95. The monoisotopic (exact) mass is 394 g/mol. The number of aromatic nitrogens is 2. The van der Waals surface area contributed by atoms with E-state index in [2.05, 4.69) is 9.88 Å². The number of halogens is 1. The Kier molecular flexibility index (Phi) is 5.82. The van der Waals surface area contributed by atoms with Crippen LogP contribution in [-0.4, -0.2) is 48.6 Å². The summed E-state index contributed by atoms with van der Waals surface area (Å²) in [5.41, 5.74) is 6.41. The molecule has 0 saturated carbocycles. The van der Waals surface area contributed by atoms with Crippen LogP contribution >= 0.6 is 23.4 Å². The van der Waals surface area contributed by atoms with Gasteiger partial charge in [0.15, 0.2) is 5.82 Å². The van der Waals surface area contributed by atoms with Crippen LogP contribution in [0.25, 0.3) is 11.4 Å². The first kappa shape index (κ1) is 18.7. The summed E-state index contributed by atoms with van der Waals surface area (Å²) in [5.74, 6) is 6.90. The van der Waals surface area contributed by atoms with Crippen LogP contribution in [0.3, 0.4) is 0 Å². The van der Waals surface area contributed by atoms with E-state index in [0.717, 1.165) is 34.4 Å². The molecular formula is C16H19ClN6O2S. The van der Waals surface area contributed by atoms with E-state index in [-0.39, 0.29) is 0 Å². The number of carbonyl (C=O) groups excluding carboxylic acids is 1. The van der Waals surface area contributed by atoms with Gasteiger partial charge < -0.3 is 15.4 Å². The maximum absolute atomic E-state index is 11.2. The number of hydrazine groups is 1. The van der Waals surface area contributed by atoms with Crippen LogP contribution in [0.5, 0.6) is 0 Å². The number of rotatable bonds is 4. The van der Waals surface area contributed by atoms with Gasteiger partial charge in [-0.15, -0.1) is 11.8 Å². The van der Waals surface area contributed by atoms with Crippen molar-refractivity contribution in [1.29, 1.82) is 0 Å². The molecule has 0 atom stereocenters. The third-order valence-corrected chi connectivity index (χ3v) is 5.13. The topological polar surface area (TPSA) is 111 Å². The standard InChI is InChI=1S/C16H19ClN6O2S/c1-26-12-13(17)20-14(21-15(12)22-6-8-25-9-7-22)10-2-4-11(5-3-10)23(19)16(18)24/h2-5H,6-9,19H2,1H3,(H2,18,24). The summed E-state index contributed by atoms with van der Waals surface area (Å²) >= 11 is 7.92. The molecule has 3 rings (SSSR count). The number of primary amides is 1. The number of carbonyl (C=O) groups is 1. The molecule has 0 aliphatic carbocycles. The van der Waals surface area contributed by atoms with Crippen LogP contribution in [0, 0.1) is 0 Å². The molecule has 1 fully saturated rings. The second-order valence-corrected chi connectivity index (χ2v) is 6.72. The first-order chi connectivity index (χ1) is 12.5. The van der Waals surface area contributed by atoms with E-state index in [1.165, 1.54) is 11.8 Å². The molecule has 8 nitrogen and oxygen atoms in total. The second kappa shape index (κ2) is 8.09. The van der Waals surface area contributed by atoms with E-state index in [1.54, 1.807) is 24.3 Å². The fourth-order valence-electron chi connectivity index (χ4n) is 2.60. The van der Waals surface area contributed by atoms with Crippen LogP contribution in [0.15, 0.2) is 29.2 Å². The Labute approximate surface area is 160 Å². The third-order valence-electron chi connectivity index (χ3n) is 3.96. The van der Waals surface area contributed by atoms with Crippen molar-refractivity contribution in [2.24, 2.45) is 11.6 Å². The van der Waals surface area contributed by atoms with Gasteiger partial charge in [0, 0.05) is 18.7 Å². The summed E-state index contributed by atoms with van der Waals surface area (Å²) in [5, 5.41) is 1.28. The van der Waals surface area contributed by atoms with Gasteiger partial charge in [-0.2, -0.15) is 0 Å². The van der Waals surface area contributed by atoms with E-state index in [1.807, 2.05) is 6.26 Å². The maximum atomic E-state index is 11.2. The number of amides is 2. The predicted molar refractivity (Wildman–Crippen MR) is 104 cm³/mol. The van der Waals surface area contributed by atoms with E-state index >= 15 is 0 Å². The van der Waals surface area contributed by atoms with E-state index in [4.69, 9.17) is 32.9 Å². The molecule has 0 unspecified atom stereocenters. The summed E-state index contributed by atoms with van der Waals surface area (Å²) < 4.78 is 5.42. The lowest BCUT2D eigenvalue weighted by atomic mass is 10.2. The van der Waals surface area contributed by atoms with Gasteiger partial charge in [-0.1, -0.05) is 11.6 Å². The fourth-order valence-corrected chi connectivity index (χ4v) is 3.57. The van der Waals surface area contributed by atoms with Crippen LogP contribution in [0.1, 0.15) is 0 Å². The molecule has 0 spiro atoms. The van der Waals surface area contributed by atoms with Crippen molar-refractivity contribution < 1.29 is 9.53 Å². The van der Waals surface area contributed by atoms with Crippen LogP contribution < -0.4 is 21.5 Å². The van der Waals surface area contributed by atoms with Crippen molar-refractivity contribution >= 4 is 40.9 Å². The maximum Gasteiger partial charge on any atom is 0.333 e. The molecule has 2 amide bonds. The lowest BCUT2D eigenvalue weighted by molar-refractivity contribution is 0.122. The van der Waals surface area contributed by atoms with Crippen LogP contribution in [0.4, 0.5) is 16.3 Å². The van der Waals surface area contributed by atoms with Crippen molar-refractivity contribution in [3.63, 3.8) is 0 Å². The second-order valence-electron chi connectivity index (χ2n) is 5.55. The van der Waals surface area contributed by atoms with Gasteiger partial charge in [-0.3, -0.25) is 0 Å².